The summed E-state index contributed by atoms with van der Waals surface area (Å²) in [4.78, 5) is 31.7. The Kier molecular flexibility index (Phi) is 7.04. The molecule has 0 bridgehead atoms. The maximum atomic E-state index is 12.2. The predicted molar refractivity (Wildman–Crippen MR) is 127 cm³/mol. The third-order valence-corrected chi connectivity index (χ3v) is 5.96. The molecule has 0 saturated carbocycles. The van der Waals surface area contributed by atoms with Crippen molar-refractivity contribution in [3.8, 4) is 11.1 Å². The van der Waals surface area contributed by atoms with E-state index in [1.54, 1.807) is 18.4 Å². The average Bonchev–Trinajstić information content (AvgIpc) is 3.16. The van der Waals surface area contributed by atoms with Crippen molar-refractivity contribution < 1.29 is 19.4 Å². The molecule has 33 heavy (non-hydrogen) atoms. The number of benzene rings is 2. The molecule has 8 heteroatoms. The van der Waals surface area contributed by atoms with Crippen molar-refractivity contribution in [2.24, 2.45) is 0 Å². The lowest BCUT2D eigenvalue weighted by molar-refractivity contribution is 0.0689. The maximum absolute atomic E-state index is 12.2. The first-order valence-electron chi connectivity index (χ1n) is 10.5. The number of aromatic carboxylic acids is 1. The fourth-order valence-corrected chi connectivity index (χ4v) is 4.22. The molecule has 4 rings (SSSR count). The van der Waals surface area contributed by atoms with Gasteiger partial charge in [0.15, 0.2) is 10.9 Å². The number of amides is 1. The Labute approximate surface area is 195 Å². The lowest BCUT2D eigenvalue weighted by Gasteiger charge is -2.14. The molecule has 1 aliphatic rings. The lowest BCUT2D eigenvalue weighted by atomic mass is 9.98. The van der Waals surface area contributed by atoms with E-state index in [4.69, 9.17) is 4.74 Å². The van der Waals surface area contributed by atoms with Crippen LogP contribution in [0, 0.1) is 0 Å². The van der Waals surface area contributed by atoms with Gasteiger partial charge in [0.2, 0.25) is 0 Å². The SMILES string of the molecule is CSc1ncc(C=CCCNC(=O)OCC2c3ccccc3-c3ccccc32)c(C(=O)O)n1. The van der Waals surface area contributed by atoms with Crippen molar-refractivity contribution in [2.45, 2.75) is 17.5 Å². The zero-order valence-electron chi connectivity index (χ0n) is 18.0. The second-order valence-electron chi connectivity index (χ2n) is 7.41. The van der Waals surface area contributed by atoms with Gasteiger partial charge in [-0.05, 0) is 34.9 Å². The first kappa shape index (κ1) is 22.5. The number of fused-ring (bicyclic) bond motifs is 3. The molecule has 7 nitrogen and oxygen atoms in total. The molecule has 1 amide bonds. The number of hydrogen-bond acceptors (Lipinski definition) is 6. The molecule has 3 aromatic rings. The first-order chi connectivity index (χ1) is 16.1. The van der Waals surface area contributed by atoms with Crippen LogP contribution in [0.5, 0.6) is 0 Å². The fraction of sp³-hybridized carbons (Fsp3) is 0.200. The summed E-state index contributed by atoms with van der Waals surface area (Å²) in [7, 11) is 0. The Balaban J connectivity index is 1.29. The number of rotatable bonds is 8. The molecule has 0 spiro atoms. The number of nitrogens with zero attached hydrogens (tertiary/aromatic N) is 2. The average molecular weight is 462 g/mol. The van der Waals surface area contributed by atoms with Gasteiger partial charge < -0.3 is 15.2 Å². The number of aromatic nitrogens is 2. The van der Waals surface area contributed by atoms with E-state index in [0.29, 0.717) is 23.7 Å². The van der Waals surface area contributed by atoms with Gasteiger partial charge in [-0.15, -0.1) is 0 Å². The van der Waals surface area contributed by atoms with Gasteiger partial charge in [-0.3, -0.25) is 0 Å². The summed E-state index contributed by atoms with van der Waals surface area (Å²) >= 11 is 1.28. The van der Waals surface area contributed by atoms with Gasteiger partial charge in [-0.25, -0.2) is 19.6 Å². The topological polar surface area (TPSA) is 101 Å². The van der Waals surface area contributed by atoms with E-state index in [2.05, 4.69) is 39.6 Å². The zero-order valence-corrected chi connectivity index (χ0v) is 18.8. The van der Waals surface area contributed by atoms with E-state index in [0.717, 1.165) is 0 Å². The Bertz CT molecular complexity index is 1170. The number of alkyl carbamates (subject to hydrolysis) is 1. The van der Waals surface area contributed by atoms with Gasteiger partial charge >= 0.3 is 12.1 Å². The molecule has 0 fully saturated rings. The molecule has 2 aromatic carbocycles. The molecular weight excluding hydrogens is 438 g/mol. The van der Waals surface area contributed by atoms with Crippen LogP contribution < -0.4 is 5.32 Å². The summed E-state index contributed by atoms with van der Waals surface area (Å²) in [6, 6.07) is 16.4. The van der Waals surface area contributed by atoms with Crippen LogP contribution in [-0.2, 0) is 4.74 Å². The van der Waals surface area contributed by atoms with E-state index >= 15 is 0 Å². The lowest BCUT2D eigenvalue weighted by Crippen LogP contribution is -2.26. The standard InChI is InChI=1S/C25H23N3O4S/c1-33-24-27-14-16(22(28-24)23(29)30)8-6-7-13-26-25(31)32-15-21-19-11-4-2-9-17(19)18-10-3-5-12-20(18)21/h2-6,8-12,14,21H,7,13,15H2,1H3,(H,26,31)(H,29,30). The van der Waals surface area contributed by atoms with Crippen LogP contribution in [0.3, 0.4) is 0 Å². The summed E-state index contributed by atoms with van der Waals surface area (Å²) in [6.07, 6.45) is 6.71. The highest BCUT2D eigenvalue weighted by molar-refractivity contribution is 7.98. The number of carbonyl (C=O) groups is 2. The van der Waals surface area contributed by atoms with Gasteiger partial charge in [0.25, 0.3) is 0 Å². The number of carbonyl (C=O) groups excluding carboxylic acids is 1. The molecule has 1 aliphatic carbocycles. The highest BCUT2D eigenvalue weighted by Crippen LogP contribution is 2.44. The van der Waals surface area contributed by atoms with Crippen LogP contribution in [0.2, 0.25) is 0 Å². The second-order valence-corrected chi connectivity index (χ2v) is 8.18. The van der Waals surface area contributed by atoms with E-state index in [1.807, 2.05) is 24.3 Å². The van der Waals surface area contributed by atoms with Crippen molar-refractivity contribution in [3.05, 3.63) is 83.2 Å². The van der Waals surface area contributed by atoms with E-state index in [-0.39, 0.29) is 18.2 Å². The molecule has 0 saturated heterocycles. The fourth-order valence-electron chi connectivity index (χ4n) is 3.88. The van der Waals surface area contributed by atoms with E-state index < -0.39 is 12.1 Å². The summed E-state index contributed by atoms with van der Waals surface area (Å²) < 4.78 is 5.51. The zero-order chi connectivity index (χ0) is 23.2. The molecule has 0 unspecified atom stereocenters. The van der Waals surface area contributed by atoms with Crippen molar-refractivity contribution in [3.63, 3.8) is 0 Å². The molecule has 1 aromatic heterocycles. The third-order valence-electron chi connectivity index (χ3n) is 5.40. The molecule has 0 radical (unpaired) electrons. The van der Waals surface area contributed by atoms with Crippen LogP contribution >= 0.6 is 11.8 Å². The van der Waals surface area contributed by atoms with Crippen LogP contribution in [0.15, 0.2) is 66.0 Å². The minimum atomic E-state index is -1.11. The quantitative estimate of drug-likeness (QED) is 0.281. The van der Waals surface area contributed by atoms with Crippen molar-refractivity contribution in [2.75, 3.05) is 19.4 Å². The molecule has 2 N–H and O–H groups in total. The van der Waals surface area contributed by atoms with Crippen LogP contribution in [0.4, 0.5) is 4.79 Å². The summed E-state index contributed by atoms with van der Waals surface area (Å²) in [5.41, 5.74) is 5.07. The van der Waals surface area contributed by atoms with Gasteiger partial charge in [0.05, 0.1) is 0 Å². The molecule has 0 atom stereocenters. The number of carboxylic acids is 1. The van der Waals surface area contributed by atoms with Crippen molar-refractivity contribution in [1.29, 1.82) is 0 Å². The Morgan fingerprint density at radius 2 is 1.79 bits per heavy atom. The van der Waals surface area contributed by atoms with Crippen molar-refractivity contribution in [1.82, 2.24) is 15.3 Å². The third kappa shape index (κ3) is 5.06. The number of thioether (sulfide) groups is 1. The maximum Gasteiger partial charge on any atom is 0.407 e. The van der Waals surface area contributed by atoms with Gasteiger partial charge in [0.1, 0.15) is 6.61 Å². The number of carboxylic acid groups (broad SMARTS) is 1. The Morgan fingerprint density at radius 3 is 2.42 bits per heavy atom. The van der Waals surface area contributed by atoms with Gasteiger partial charge in [0, 0.05) is 24.2 Å². The largest absolute Gasteiger partial charge is 0.476 e. The first-order valence-corrected chi connectivity index (χ1v) is 11.7. The van der Waals surface area contributed by atoms with E-state index in [9.17, 15) is 14.7 Å². The normalized spacial score (nSPS) is 12.4. The van der Waals surface area contributed by atoms with Crippen LogP contribution in [-0.4, -0.2) is 46.5 Å². The highest BCUT2D eigenvalue weighted by atomic mass is 32.2. The molecule has 168 valence electrons. The molecular formula is C25H23N3O4S. The van der Waals surface area contributed by atoms with Gasteiger partial charge in [-0.2, -0.15) is 0 Å². The summed E-state index contributed by atoms with van der Waals surface area (Å²) in [5.74, 6) is -1.09. The highest BCUT2D eigenvalue weighted by Gasteiger charge is 2.28. The molecule has 0 aliphatic heterocycles. The number of hydrogen-bond donors (Lipinski definition) is 2. The Hall–Kier alpha value is -3.65. The van der Waals surface area contributed by atoms with Crippen molar-refractivity contribution >= 4 is 29.9 Å². The van der Waals surface area contributed by atoms with E-state index in [1.165, 1.54) is 40.2 Å². The summed E-state index contributed by atoms with van der Waals surface area (Å²) in [5, 5.41) is 12.5. The minimum absolute atomic E-state index is 0.0155. The number of ether oxygens (including phenoxy) is 1. The minimum Gasteiger partial charge on any atom is -0.476 e. The monoisotopic (exact) mass is 461 g/mol. The number of nitrogens with one attached hydrogen (secondary N) is 1. The second kappa shape index (κ2) is 10.3. The van der Waals surface area contributed by atoms with Gasteiger partial charge in [-0.1, -0.05) is 72.4 Å². The smallest absolute Gasteiger partial charge is 0.407 e. The Morgan fingerprint density at radius 1 is 1.12 bits per heavy atom. The summed E-state index contributed by atoms with van der Waals surface area (Å²) in [6.45, 7) is 0.621. The van der Waals surface area contributed by atoms with Crippen LogP contribution in [0.25, 0.3) is 17.2 Å². The molecule has 1 heterocycles. The van der Waals surface area contributed by atoms with Crippen LogP contribution in [0.1, 0.15) is 39.5 Å². The predicted octanol–water partition coefficient (Wildman–Crippen LogP) is 4.84.